The lowest BCUT2D eigenvalue weighted by Gasteiger charge is -2.26. The number of phosphoric acid groups is 1. The molecule has 0 fully saturated rings. The number of quaternary nitrogens is 1. The number of carbonyl (C=O) groups excluding carboxylic acids is 1. The summed E-state index contributed by atoms with van der Waals surface area (Å²) in [6, 6.07) is -0.757. The molecule has 1 amide bonds. The monoisotopic (exact) mass is 648 g/mol. The SMILES string of the molecule is CCCCCC/C=C/CCCCCCCC(=O)N[C@@H](COP(=O)(O)OCC[N+](C)(C)C)[C@H](O)CCCCCCCCCCC. The number of unbranched alkanes of at least 4 members (excludes halogenated alkanes) is 17. The number of amides is 1. The van der Waals surface area contributed by atoms with Crippen LogP contribution in [-0.4, -0.2) is 73.4 Å². The van der Waals surface area contributed by atoms with Crippen molar-refractivity contribution in [2.24, 2.45) is 0 Å². The number of allylic oxidation sites excluding steroid dienone is 2. The maximum Gasteiger partial charge on any atom is 0.472 e. The van der Waals surface area contributed by atoms with Crippen LogP contribution in [0.25, 0.3) is 0 Å². The minimum atomic E-state index is -4.30. The van der Waals surface area contributed by atoms with Crippen LogP contribution in [0, 0.1) is 0 Å². The normalized spacial score (nSPS) is 15.0. The molecule has 0 aromatic heterocycles. The average molecular weight is 648 g/mol. The Hall–Kier alpha value is -0.760. The molecule has 0 aromatic rings. The molecule has 3 N–H and O–H groups in total. The van der Waals surface area contributed by atoms with Gasteiger partial charge >= 0.3 is 7.82 Å². The number of likely N-dealkylation sites (N-methyl/N-ethyl adjacent to an activating group) is 1. The summed E-state index contributed by atoms with van der Waals surface area (Å²) in [6.07, 6.45) is 28.0. The Balaban J connectivity index is 4.50. The molecule has 44 heavy (non-hydrogen) atoms. The number of rotatable bonds is 32. The van der Waals surface area contributed by atoms with E-state index in [1.807, 2.05) is 21.1 Å². The number of hydrogen-bond donors (Lipinski definition) is 3. The zero-order valence-corrected chi connectivity index (χ0v) is 30.3. The maximum absolute atomic E-state index is 12.7. The van der Waals surface area contributed by atoms with E-state index in [1.165, 1.54) is 77.0 Å². The minimum absolute atomic E-state index is 0.0740. The second-order valence-corrected chi connectivity index (χ2v) is 15.1. The Kier molecular flexibility index (Phi) is 28.0. The van der Waals surface area contributed by atoms with Gasteiger partial charge in [-0.15, -0.1) is 0 Å². The molecule has 0 aliphatic heterocycles. The Labute approximate surface area is 272 Å². The van der Waals surface area contributed by atoms with E-state index in [0.717, 1.165) is 51.4 Å². The lowest BCUT2D eigenvalue weighted by molar-refractivity contribution is -0.870. The summed E-state index contributed by atoms with van der Waals surface area (Å²) in [4.78, 5) is 22.9. The number of phosphoric ester groups is 1. The van der Waals surface area contributed by atoms with Gasteiger partial charge in [0.2, 0.25) is 5.91 Å². The highest BCUT2D eigenvalue weighted by atomic mass is 31.2. The Morgan fingerprint density at radius 2 is 1.23 bits per heavy atom. The summed E-state index contributed by atoms with van der Waals surface area (Å²) in [5.41, 5.74) is 0. The van der Waals surface area contributed by atoms with Crippen molar-refractivity contribution in [1.82, 2.24) is 5.32 Å². The van der Waals surface area contributed by atoms with Gasteiger partial charge in [-0.2, -0.15) is 0 Å². The van der Waals surface area contributed by atoms with Gasteiger partial charge < -0.3 is 19.8 Å². The van der Waals surface area contributed by atoms with Crippen LogP contribution in [0.5, 0.6) is 0 Å². The third kappa shape index (κ3) is 29.9. The summed E-state index contributed by atoms with van der Waals surface area (Å²) in [6.45, 7) is 4.82. The van der Waals surface area contributed by atoms with Crippen molar-refractivity contribution in [3.8, 4) is 0 Å². The first-order valence-electron chi connectivity index (χ1n) is 18.1. The summed E-state index contributed by atoms with van der Waals surface area (Å²) < 4.78 is 23.4. The van der Waals surface area contributed by atoms with Gasteiger partial charge in [-0.1, -0.05) is 122 Å². The molecule has 1 unspecified atom stereocenters. The third-order valence-electron chi connectivity index (χ3n) is 8.01. The van der Waals surface area contributed by atoms with Gasteiger partial charge in [0.25, 0.3) is 0 Å². The number of nitrogens with one attached hydrogen (secondary N) is 1. The second kappa shape index (κ2) is 28.5. The average Bonchev–Trinajstić information content (AvgIpc) is 2.95. The van der Waals surface area contributed by atoms with Crippen LogP contribution in [0.1, 0.15) is 155 Å². The highest BCUT2D eigenvalue weighted by Crippen LogP contribution is 2.43. The van der Waals surface area contributed by atoms with Crippen LogP contribution < -0.4 is 5.32 Å². The first kappa shape index (κ1) is 43.2. The molecule has 0 aliphatic rings. The lowest BCUT2D eigenvalue weighted by atomic mass is 10.0. The molecule has 3 atom stereocenters. The van der Waals surface area contributed by atoms with Crippen molar-refractivity contribution < 1.29 is 32.9 Å². The fourth-order valence-electron chi connectivity index (χ4n) is 5.04. The standard InChI is InChI=1S/C35H71N2O6P/c1-6-8-10-12-14-16-17-18-19-21-23-25-27-29-35(39)36-33(32-43-44(40,41)42-31-30-37(3,4)5)34(38)28-26-24-22-20-15-13-11-9-7-2/h16-17,33-34,38H,6-15,18-32H2,1-5H3,(H-,36,39,40,41)/p+1/b17-16+/t33-,34+/m0/s1. The first-order valence-corrected chi connectivity index (χ1v) is 19.5. The number of nitrogens with zero attached hydrogens (tertiary/aromatic N) is 1. The Bertz CT molecular complexity index is 743. The zero-order valence-electron chi connectivity index (χ0n) is 29.4. The van der Waals surface area contributed by atoms with Gasteiger partial charge in [0, 0.05) is 6.42 Å². The van der Waals surface area contributed by atoms with Gasteiger partial charge in [0.15, 0.2) is 0 Å². The first-order chi connectivity index (χ1) is 21.0. The van der Waals surface area contributed by atoms with Gasteiger partial charge in [-0.3, -0.25) is 13.8 Å². The van der Waals surface area contributed by atoms with Gasteiger partial charge in [-0.05, 0) is 38.5 Å². The zero-order chi connectivity index (χ0) is 32.9. The van der Waals surface area contributed by atoms with E-state index >= 15 is 0 Å². The fraction of sp³-hybridized carbons (Fsp3) is 0.914. The molecule has 0 heterocycles. The molecule has 0 saturated heterocycles. The molecule has 0 aromatic carbocycles. The molecule has 262 valence electrons. The van der Waals surface area contributed by atoms with Crippen molar-refractivity contribution in [3.05, 3.63) is 12.2 Å². The van der Waals surface area contributed by atoms with E-state index in [4.69, 9.17) is 9.05 Å². The van der Waals surface area contributed by atoms with Crippen LogP contribution >= 0.6 is 7.82 Å². The van der Waals surface area contributed by atoms with E-state index in [9.17, 15) is 19.4 Å². The molecular weight excluding hydrogens is 575 g/mol. The van der Waals surface area contributed by atoms with Crippen molar-refractivity contribution in [3.63, 3.8) is 0 Å². The number of carbonyl (C=O) groups is 1. The van der Waals surface area contributed by atoms with Gasteiger partial charge in [0.1, 0.15) is 13.2 Å². The molecule has 0 aliphatic carbocycles. The van der Waals surface area contributed by atoms with E-state index < -0.39 is 20.0 Å². The maximum atomic E-state index is 12.7. The topological polar surface area (TPSA) is 105 Å². The second-order valence-electron chi connectivity index (χ2n) is 13.6. The highest BCUT2D eigenvalue weighted by molar-refractivity contribution is 7.47. The number of aliphatic hydroxyl groups is 1. The highest BCUT2D eigenvalue weighted by Gasteiger charge is 2.28. The van der Waals surface area contributed by atoms with E-state index in [0.29, 0.717) is 23.9 Å². The summed E-state index contributed by atoms with van der Waals surface area (Å²) in [5, 5.41) is 13.8. The largest absolute Gasteiger partial charge is 0.472 e. The van der Waals surface area contributed by atoms with Gasteiger partial charge in [0.05, 0.1) is 39.9 Å². The summed E-state index contributed by atoms with van der Waals surface area (Å²) in [7, 11) is 1.61. The fourth-order valence-corrected chi connectivity index (χ4v) is 5.77. The van der Waals surface area contributed by atoms with Crippen LogP contribution in [0.4, 0.5) is 0 Å². The van der Waals surface area contributed by atoms with E-state index in [-0.39, 0.29) is 19.1 Å². The predicted octanol–water partition coefficient (Wildman–Crippen LogP) is 8.85. The molecule has 8 nitrogen and oxygen atoms in total. The van der Waals surface area contributed by atoms with Crippen LogP contribution in [0.2, 0.25) is 0 Å². The number of aliphatic hydroxyl groups excluding tert-OH is 1. The molecular formula is C35H72N2O6P+. The molecule has 9 heteroatoms. The van der Waals surface area contributed by atoms with Crippen molar-refractivity contribution >= 4 is 13.7 Å². The van der Waals surface area contributed by atoms with Crippen LogP contribution in [-0.2, 0) is 18.4 Å². The van der Waals surface area contributed by atoms with Crippen molar-refractivity contribution in [2.45, 2.75) is 167 Å². The molecule has 0 rings (SSSR count). The quantitative estimate of drug-likeness (QED) is 0.0292. The molecule has 0 spiro atoms. The van der Waals surface area contributed by atoms with Crippen molar-refractivity contribution in [2.75, 3.05) is 40.9 Å². The van der Waals surface area contributed by atoms with E-state index in [1.54, 1.807) is 0 Å². The Morgan fingerprint density at radius 3 is 1.77 bits per heavy atom. The molecule has 0 radical (unpaired) electrons. The third-order valence-corrected chi connectivity index (χ3v) is 9.00. The summed E-state index contributed by atoms with van der Waals surface area (Å²) >= 11 is 0. The number of hydrogen-bond acceptors (Lipinski definition) is 5. The van der Waals surface area contributed by atoms with E-state index in [2.05, 4.69) is 31.3 Å². The van der Waals surface area contributed by atoms with Crippen LogP contribution in [0.15, 0.2) is 12.2 Å². The summed E-state index contributed by atoms with van der Waals surface area (Å²) in [5.74, 6) is -0.158. The molecule has 0 bridgehead atoms. The molecule has 0 saturated carbocycles. The van der Waals surface area contributed by atoms with Crippen molar-refractivity contribution in [1.29, 1.82) is 0 Å². The smallest absolute Gasteiger partial charge is 0.391 e. The lowest BCUT2D eigenvalue weighted by Crippen LogP contribution is -2.46. The Morgan fingerprint density at radius 1 is 0.750 bits per heavy atom. The minimum Gasteiger partial charge on any atom is -0.391 e. The predicted molar refractivity (Wildman–Crippen MR) is 185 cm³/mol. The van der Waals surface area contributed by atoms with Crippen LogP contribution in [0.3, 0.4) is 0 Å². The van der Waals surface area contributed by atoms with Gasteiger partial charge in [-0.25, -0.2) is 4.57 Å².